The molecular weight excluding hydrogens is 213 g/mol. The number of aliphatic hydroxyl groups is 1. The van der Waals surface area contributed by atoms with Gasteiger partial charge in [0, 0.05) is 10.6 Å². The van der Waals surface area contributed by atoms with Crippen molar-refractivity contribution in [3.8, 4) is 6.07 Å². The smallest absolute Gasteiger partial charge is 0.123 e. The van der Waals surface area contributed by atoms with Gasteiger partial charge in [0.05, 0.1) is 18.6 Å². The summed E-state index contributed by atoms with van der Waals surface area (Å²) in [6.07, 6.45) is -0.489. The van der Waals surface area contributed by atoms with E-state index < -0.39 is 6.10 Å². The Morgan fingerprint density at radius 3 is 2.93 bits per heavy atom. The normalized spacial score (nSPS) is 12.1. The van der Waals surface area contributed by atoms with Crippen LogP contribution in [0.4, 0.5) is 4.39 Å². The molecule has 15 heavy (non-hydrogen) atoms. The Morgan fingerprint density at radius 1 is 1.60 bits per heavy atom. The molecule has 0 aromatic heterocycles. The highest BCUT2D eigenvalue weighted by molar-refractivity contribution is 7.99. The van der Waals surface area contributed by atoms with E-state index in [1.54, 1.807) is 6.07 Å². The van der Waals surface area contributed by atoms with E-state index in [4.69, 9.17) is 5.26 Å². The molecule has 0 bridgehead atoms. The zero-order chi connectivity index (χ0) is 11.3. The van der Waals surface area contributed by atoms with Crippen LogP contribution in [0.5, 0.6) is 0 Å². The van der Waals surface area contributed by atoms with Crippen LogP contribution in [0.3, 0.4) is 0 Å². The number of nitrogens with zero attached hydrogens (tertiary/aromatic N) is 1. The van der Waals surface area contributed by atoms with Crippen molar-refractivity contribution < 1.29 is 9.50 Å². The molecule has 4 heteroatoms. The summed E-state index contributed by atoms with van der Waals surface area (Å²) < 4.78 is 12.8. The van der Waals surface area contributed by atoms with Crippen molar-refractivity contribution in [1.29, 1.82) is 5.26 Å². The van der Waals surface area contributed by atoms with Crippen molar-refractivity contribution in [2.24, 2.45) is 0 Å². The molecule has 0 saturated heterocycles. The van der Waals surface area contributed by atoms with Crippen LogP contribution in [0, 0.1) is 24.1 Å². The van der Waals surface area contributed by atoms with Crippen LogP contribution in [0.15, 0.2) is 23.1 Å². The maximum atomic E-state index is 12.8. The van der Waals surface area contributed by atoms with Crippen LogP contribution in [-0.4, -0.2) is 17.0 Å². The number of aliphatic hydroxyl groups excluding tert-OH is 1. The van der Waals surface area contributed by atoms with Gasteiger partial charge in [-0.25, -0.2) is 4.39 Å². The van der Waals surface area contributed by atoms with E-state index in [0.29, 0.717) is 5.75 Å². The molecule has 80 valence electrons. The average Bonchev–Trinajstić information content (AvgIpc) is 2.17. The molecule has 1 N–H and O–H groups in total. The zero-order valence-corrected chi connectivity index (χ0v) is 9.22. The van der Waals surface area contributed by atoms with Gasteiger partial charge in [-0.2, -0.15) is 5.26 Å². The molecule has 0 saturated carbocycles. The Kier molecular flexibility index (Phi) is 4.60. The lowest BCUT2D eigenvalue weighted by Crippen LogP contribution is -2.08. The van der Waals surface area contributed by atoms with Crippen LogP contribution in [0.1, 0.15) is 12.0 Å². The Labute approximate surface area is 92.7 Å². The molecule has 1 atom stereocenters. The topological polar surface area (TPSA) is 44.0 Å². The summed E-state index contributed by atoms with van der Waals surface area (Å²) in [6.45, 7) is 1.82. The van der Waals surface area contributed by atoms with Gasteiger partial charge in [-0.15, -0.1) is 11.8 Å². The molecule has 2 nitrogen and oxygen atoms in total. The van der Waals surface area contributed by atoms with Crippen molar-refractivity contribution in [2.75, 3.05) is 5.75 Å². The van der Waals surface area contributed by atoms with Gasteiger partial charge < -0.3 is 5.11 Å². The quantitative estimate of drug-likeness (QED) is 0.801. The van der Waals surface area contributed by atoms with Crippen molar-refractivity contribution in [2.45, 2.75) is 24.3 Å². The SMILES string of the molecule is Cc1cc(F)ccc1SCC(O)CC#N. The van der Waals surface area contributed by atoms with Crippen molar-refractivity contribution in [3.63, 3.8) is 0 Å². The van der Waals surface area contributed by atoms with E-state index in [2.05, 4.69) is 0 Å². The summed E-state index contributed by atoms with van der Waals surface area (Å²) in [7, 11) is 0. The van der Waals surface area contributed by atoms with Gasteiger partial charge >= 0.3 is 0 Å². The number of thioether (sulfide) groups is 1. The van der Waals surface area contributed by atoms with Gasteiger partial charge in [-0.1, -0.05) is 0 Å². The van der Waals surface area contributed by atoms with Gasteiger partial charge in [0.1, 0.15) is 5.82 Å². The molecule has 1 unspecified atom stereocenters. The van der Waals surface area contributed by atoms with Gasteiger partial charge in [0.15, 0.2) is 0 Å². The number of hydrogen-bond donors (Lipinski definition) is 1. The van der Waals surface area contributed by atoms with E-state index in [0.717, 1.165) is 10.5 Å². The fourth-order valence-electron chi connectivity index (χ4n) is 1.13. The third-order valence-corrected chi connectivity index (χ3v) is 3.22. The fourth-order valence-corrected chi connectivity index (χ4v) is 2.07. The first-order valence-electron chi connectivity index (χ1n) is 4.57. The van der Waals surface area contributed by atoms with Crippen LogP contribution in [0.25, 0.3) is 0 Å². The predicted octanol–water partition coefficient (Wildman–Crippen LogP) is 2.50. The zero-order valence-electron chi connectivity index (χ0n) is 8.40. The van der Waals surface area contributed by atoms with Gasteiger partial charge in [0.25, 0.3) is 0 Å². The number of hydrogen-bond acceptors (Lipinski definition) is 3. The van der Waals surface area contributed by atoms with Gasteiger partial charge in [0.2, 0.25) is 0 Å². The Hall–Kier alpha value is -1.05. The third-order valence-electron chi connectivity index (χ3n) is 1.90. The van der Waals surface area contributed by atoms with Gasteiger partial charge in [-0.05, 0) is 30.7 Å². The molecule has 0 aliphatic rings. The summed E-state index contributed by atoms with van der Waals surface area (Å²) in [5, 5.41) is 17.7. The van der Waals surface area contributed by atoms with Crippen LogP contribution in [0.2, 0.25) is 0 Å². The lowest BCUT2D eigenvalue weighted by Gasteiger charge is -2.08. The molecule has 1 rings (SSSR count). The molecule has 0 heterocycles. The van der Waals surface area contributed by atoms with Crippen molar-refractivity contribution in [1.82, 2.24) is 0 Å². The second kappa shape index (κ2) is 5.74. The monoisotopic (exact) mass is 225 g/mol. The molecule has 0 fully saturated rings. The average molecular weight is 225 g/mol. The van der Waals surface area contributed by atoms with E-state index in [1.807, 2.05) is 13.0 Å². The summed E-state index contributed by atoms with van der Waals surface area (Å²) in [5.74, 6) is 0.203. The largest absolute Gasteiger partial charge is 0.391 e. The van der Waals surface area contributed by atoms with Gasteiger partial charge in [-0.3, -0.25) is 0 Å². The molecule has 0 aliphatic heterocycles. The molecule has 0 aliphatic carbocycles. The number of halogens is 1. The van der Waals surface area contributed by atoms with Crippen molar-refractivity contribution >= 4 is 11.8 Å². The Morgan fingerprint density at radius 2 is 2.33 bits per heavy atom. The highest BCUT2D eigenvalue weighted by Crippen LogP contribution is 2.23. The first-order valence-corrected chi connectivity index (χ1v) is 5.56. The first kappa shape index (κ1) is 12.0. The standard InChI is InChI=1S/C11H12FNOS/c1-8-6-9(12)2-3-11(8)15-7-10(14)4-5-13/h2-3,6,10,14H,4,7H2,1H3. The van der Waals surface area contributed by atoms with E-state index in [-0.39, 0.29) is 12.2 Å². The molecule has 1 aromatic rings. The van der Waals surface area contributed by atoms with Crippen LogP contribution < -0.4 is 0 Å². The number of aryl methyl sites for hydroxylation is 1. The Balaban J connectivity index is 2.55. The summed E-state index contributed by atoms with van der Waals surface area (Å²) in [6, 6.07) is 6.45. The first-order chi connectivity index (χ1) is 7.13. The Bertz CT molecular complexity index is 375. The molecular formula is C11H12FNOS. The minimum atomic E-state index is -0.621. The van der Waals surface area contributed by atoms with Crippen LogP contribution >= 0.6 is 11.8 Å². The lowest BCUT2D eigenvalue weighted by atomic mass is 10.2. The summed E-state index contributed by atoms with van der Waals surface area (Å²) >= 11 is 1.44. The van der Waals surface area contributed by atoms with Crippen LogP contribution in [-0.2, 0) is 0 Å². The molecule has 0 amide bonds. The predicted molar refractivity (Wildman–Crippen MR) is 58.1 cm³/mol. The van der Waals surface area contributed by atoms with Crippen molar-refractivity contribution in [3.05, 3.63) is 29.6 Å². The van der Waals surface area contributed by atoms with E-state index in [1.165, 1.54) is 23.9 Å². The maximum absolute atomic E-state index is 12.8. The van der Waals surface area contributed by atoms with E-state index in [9.17, 15) is 9.50 Å². The number of benzene rings is 1. The number of rotatable bonds is 4. The summed E-state index contributed by atoms with van der Waals surface area (Å²) in [4.78, 5) is 0.938. The second-order valence-electron chi connectivity index (χ2n) is 3.24. The molecule has 0 radical (unpaired) electrons. The number of nitriles is 1. The fraction of sp³-hybridized carbons (Fsp3) is 0.364. The summed E-state index contributed by atoms with van der Waals surface area (Å²) in [5.41, 5.74) is 0.851. The minimum Gasteiger partial charge on any atom is -0.391 e. The molecule has 1 aromatic carbocycles. The highest BCUT2D eigenvalue weighted by atomic mass is 32.2. The van der Waals surface area contributed by atoms with E-state index >= 15 is 0 Å². The maximum Gasteiger partial charge on any atom is 0.123 e. The third kappa shape index (κ3) is 3.90. The lowest BCUT2D eigenvalue weighted by molar-refractivity contribution is 0.205. The second-order valence-corrected chi connectivity index (χ2v) is 4.30. The highest BCUT2D eigenvalue weighted by Gasteiger charge is 2.06. The molecule has 0 spiro atoms. The minimum absolute atomic E-state index is 0.132.